The number of hydrogen-bond acceptors (Lipinski definition) is 4. The second-order valence-corrected chi connectivity index (χ2v) is 7.51. The van der Waals surface area contributed by atoms with Crippen LogP contribution in [0.5, 0.6) is 0 Å². The van der Waals surface area contributed by atoms with Crippen LogP contribution in [0.25, 0.3) is 0 Å². The summed E-state index contributed by atoms with van der Waals surface area (Å²) < 4.78 is 25.0. The highest BCUT2D eigenvalue weighted by molar-refractivity contribution is 7.94. The van der Waals surface area contributed by atoms with Crippen LogP contribution in [0.1, 0.15) is 17.3 Å². The van der Waals surface area contributed by atoms with Gasteiger partial charge in [0.1, 0.15) is 0 Å². The van der Waals surface area contributed by atoms with Gasteiger partial charge in [-0.05, 0) is 36.4 Å². The monoisotopic (exact) mass is 344 g/mol. The first kappa shape index (κ1) is 16.2. The zero-order valence-electron chi connectivity index (χ0n) is 13.0. The lowest BCUT2D eigenvalue weighted by molar-refractivity contribution is -0.119. The fourth-order valence-corrected chi connectivity index (χ4v) is 4.38. The molecule has 0 radical (unpaired) electrons. The van der Waals surface area contributed by atoms with Crippen LogP contribution in [0.4, 0.5) is 11.4 Å². The summed E-state index contributed by atoms with van der Waals surface area (Å²) in [7, 11) is -3.64. The van der Waals surface area contributed by atoms with E-state index in [-0.39, 0.29) is 17.3 Å². The summed E-state index contributed by atoms with van der Waals surface area (Å²) in [5, 5.41) is 2.74. The van der Waals surface area contributed by atoms with Crippen molar-refractivity contribution in [2.75, 3.05) is 15.4 Å². The van der Waals surface area contributed by atoms with Crippen LogP contribution in [0.2, 0.25) is 0 Å². The summed E-state index contributed by atoms with van der Waals surface area (Å²) in [5.41, 5.74) is 1.29. The first-order valence-corrected chi connectivity index (χ1v) is 9.03. The number of para-hydroxylation sites is 1. The third kappa shape index (κ3) is 3.03. The van der Waals surface area contributed by atoms with Crippen molar-refractivity contribution in [1.82, 2.24) is 0 Å². The van der Waals surface area contributed by atoms with Crippen molar-refractivity contribution >= 4 is 33.2 Å². The van der Waals surface area contributed by atoms with E-state index in [4.69, 9.17) is 0 Å². The molecule has 2 amide bonds. The molecule has 2 aromatic carbocycles. The molecule has 0 saturated carbocycles. The summed E-state index contributed by atoms with van der Waals surface area (Å²) in [6.45, 7) is 1.58. The number of rotatable bonds is 3. The Bertz CT molecular complexity index is 877. The van der Waals surface area contributed by atoms with Gasteiger partial charge in [-0.15, -0.1) is 0 Å². The minimum absolute atomic E-state index is 0.192. The van der Waals surface area contributed by atoms with Crippen LogP contribution in [-0.4, -0.2) is 26.0 Å². The molecule has 1 fully saturated rings. The smallest absolute Gasteiger partial charge is 0.255 e. The van der Waals surface area contributed by atoms with Crippen LogP contribution in [0, 0.1) is 5.92 Å². The highest BCUT2D eigenvalue weighted by atomic mass is 32.2. The molecule has 3 rings (SSSR count). The van der Waals surface area contributed by atoms with Gasteiger partial charge in [0.05, 0.1) is 17.4 Å². The number of anilines is 2. The number of benzene rings is 2. The lowest BCUT2D eigenvalue weighted by Crippen LogP contribution is -2.30. The van der Waals surface area contributed by atoms with Gasteiger partial charge in [0.15, 0.2) is 0 Å². The fraction of sp³-hybridized carbons (Fsp3) is 0.176. The van der Waals surface area contributed by atoms with Crippen LogP contribution >= 0.6 is 0 Å². The van der Waals surface area contributed by atoms with E-state index in [9.17, 15) is 18.0 Å². The number of hydrogen-bond donors (Lipinski definition) is 1. The Hall–Kier alpha value is -2.67. The zero-order chi connectivity index (χ0) is 17.3. The fourth-order valence-electron chi connectivity index (χ4n) is 2.56. The topological polar surface area (TPSA) is 83.6 Å². The van der Waals surface area contributed by atoms with Gasteiger partial charge in [-0.3, -0.25) is 9.59 Å². The number of sulfonamides is 1. The van der Waals surface area contributed by atoms with E-state index in [1.165, 1.54) is 24.3 Å². The number of nitrogens with zero attached hydrogens (tertiary/aromatic N) is 1. The molecule has 1 heterocycles. The molecule has 0 aromatic heterocycles. The SMILES string of the molecule is C[C@H]1CS(=O)(=O)N(c2ccc(C(=O)Nc3ccccc3)cc2)C1=O. The predicted molar refractivity (Wildman–Crippen MR) is 91.3 cm³/mol. The summed E-state index contributed by atoms with van der Waals surface area (Å²) in [5.74, 6) is -1.51. The first-order chi connectivity index (χ1) is 11.4. The average Bonchev–Trinajstić information content (AvgIpc) is 2.76. The summed E-state index contributed by atoms with van der Waals surface area (Å²) in [4.78, 5) is 24.2. The van der Waals surface area contributed by atoms with E-state index in [0.717, 1.165) is 4.31 Å². The van der Waals surface area contributed by atoms with E-state index < -0.39 is 21.8 Å². The van der Waals surface area contributed by atoms with Crippen molar-refractivity contribution < 1.29 is 18.0 Å². The van der Waals surface area contributed by atoms with Crippen LogP contribution in [0.15, 0.2) is 54.6 Å². The van der Waals surface area contributed by atoms with Crippen LogP contribution < -0.4 is 9.62 Å². The Balaban J connectivity index is 1.81. The van der Waals surface area contributed by atoms with Gasteiger partial charge in [-0.2, -0.15) is 0 Å². The maximum absolute atomic E-state index is 12.2. The van der Waals surface area contributed by atoms with Gasteiger partial charge in [0.25, 0.3) is 5.91 Å². The van der Waals surface area contributed by atoms with Crippen molar-refractivity contribution in [3.05, 3.63) is 60.2 Å². The standard InChI is InChI=1S/C17H16N2O4S/c1-12-11-24(22,23)19(17(12)21)15-9-7-13(8-10-15)16(20)18-14-5-3-2-4-6-14/h2-10,12H,11H2,1H3,(H,18,20)/t12-/m0/s1. The second kappa shape index (κ2) is 6.09. The number of carbonyl (C=O) groups excluding carboxylic acids is 2. The summed E-state index contributed by atoms with van der Waals surface area (Å²) in [6, 6.07) is 14.9. The van der Waals surface area contributed by atoms with Crippen molar-refractivity contribution in [3.63, 3.8) is 0 Å². The van der Waals surface area contributed by atoms with E-state index in [2.05, 4.69) is 5.32 Å². The van der Waals surface area contributed by atoms with Crippen molar-refractivity contribution in [1.29, 1.82) is 0 Å². The molecular formula is C17H16N2O4S. The van der Waals surface area contributed by atoms with Gasteiger partial charge in [0.2, 0.25) is 15.9 Å². The minimum atomic E-state index is -3.64. The maximum atomic E-state index is 12.2. The van der Waals surface area contributed by atoms with E-state index in [1.54, 1.807) is 19.1 Å². The second-order valence-electron chi connectivity index (χ2n) is 5.65. The lowest BCUT2D eigenvalue weighted by Gasteiger charge is -2.15. The molecule has 1 N–H and O–H groups in total. The molecule has 0 unspecified atom stereocenters. The van der Waals surface area contributed by atoms with Gasteiger partial charge in [0, 0.05) is 11.3 Å². The third-order valence-electron chi connectivity index (χ3n) is 3.76. The number of carbonyl (C=O) groups is 2. The van der Waals surface area contributed by atoms with Crippen molar-refractivity contribution in [3.8, 4) is 0 Å². The predicted octanol–water partition coefficient (Wildman–Crippen LogP) is 2.25. The molecule has 6 nitrogen and oxygen atoms in total. The molecule has 24 heavy (non-hydrogen) atoms. The molecule has 1 atom stereocenters. The zero-order valence-corrected chi connectivity index (χ0v) is 13.8. The molecule has 7 heteroatoms. The molecule has 1 aliphatic heterocycles. The Labute approximate surface area is 140 Å². The highest BCUT2D eigenvalue weighted by Gasteiger charge is 2.41. The first-order valence-electron chi connectivity index (χ1n) is 7.42. The van der Waals surface area contributed by atoms with Crippen molar-refractivity contribution in [2.45, 2.75) is 6.92 Å². The Kier molecular flexibility index (Phi) is 4.11. The Morgan fingerprint density at radius 3 is 2.25 bits per heavy atom. The summed E-state index contributed by atoms with van der Waals surface area (Å²) in [6.07, 6.45) is 0. The highest BCUT2D eigenvalue weighted by Crippen LogP contribution is 2.28. The molecule has 1 aliphatic rings. The molecule has 0 aliphatic carbocycles. The molecule has 1 saturated heterocycles. The third-order valence-corrected chi connectivity index (χ3v) is 5.62. The maximum Gasteiger partial charge on any atom is 0.255 e. The number of amides is 2. The molecule has 2 aromatic rings. The van der Waals surface area contributed by atoms with Gasteiger partial charge >= 0.3 is 0 Å². The van der Waals surface area contributed by atoms with E-state index >= 15 is 0 Å². The van der Waals surface area contributed by atoms with Gasteiger partial charge < -0.3 is 5.32 Å². The lowest BCUT2D eigenvalue weighted by atomic mass is 10.1. The van der Waals surface area contributed by atoms with E-state index in [1.807, 2.05) is 18.2 Å². The van der Waals surface area contributed by atoms with Crippen molar-refractivity contribution in [2.24, 2.45) is 5.92 Å². The largest absolute Gasteiger partial charge is 0.322 e. The minimum Gasteiger partial charge on any atom is -0.322 e. The molecular weight excluding hydrogens is 328 g/mol. The van der Waals surface area contributed by atoms with Gasteiger partial charge in [-0.1, -0.05) is 25.1 Å². The molecule has 124 valence electrons. The average molecular weight is 344 g/mol. The number of nitrogens with one attached hydrogen (secondary N) is 1. The Morgan fingerprint density at radius 2 is 1.71 bits per heavy atom. The van der Waals surface area contributed by atoms with Crippen LogP contribution in [-0.2, 0) is 14.8 Å². The van der Waals surface area contributed by atoms with E-state index in [0.29, 0.717) is 11.3 Å². The molecule has 0 bridgehead atoms. The quantitative estimate of drug-likeness (QED) is 0.926. The van der Waals surface area contributed by atoms with Crippen LogP contribution in [0.3, 0.4) is 0 Å². The van der Waals surface area contributed by atoms with Gasteiger partial charge in [-0.25, -0.2) is 12.7 Å². The summed E-state index contributed by atoms with van der Waals surface area (Å²) >= 11 is 0. The molecule has 0 spiro atoms. The normalized spacial score (nSPS) is 19.3. The Morgan fingerprint density at radius 1 is 1.08 bits per heavy atom.